The van der Waals surface area contributed by atoms with Crippen molar-refractivity contribution in [3.63, 3.8) is 0 Å². The molecular weight excluding hydrogens is 489 g/mol. The number of carbonyl (C=O) groups is 1. The lowest BCUT2D eigenvalue weighted by molar-refractivity contribution is -0.110. The Morgan fingerprint density at radius 2 is 1.83 bits per heavy atom. The third kappa shape index (κ3) is 3.13. The van der Waals surface area contributed by atoms with Crippen molar-refractivity contribution < 1.29 is 4.79 Å². The van der Waals surface area contributed by atoms with Crippen LogP contribution in [0.1, 0.15) is 17.0 Å². The number of hydrogen-bond acceptors (Lipinski definition) is 3. The summed E-state index contributed by atoms with van der Waals surface area (Å²) in [5, 5.41) is 3.42. The number of nitrogens with one attached hydrogen (secondary N) is 1. The Labute approximate surface area is 186 Å². The summed E-state index contributed by atoms with van der Waals surface area (Å²) in [5.74, 6) is 0.213. The van der Waals surface area contributed by atoms with E-state index in [0.29, 0.717) is 28.0 Å². The molecule has 5 rings (SSSR count). The van der Waals surface area contributed by atoms with Crippen molar-refractivity contribution in [2.24, 2.45) is 0 Å². The minimum atomic E-state index is -0.205. The second-order valence-corrected chi connectivity index (χ2v) is 8.41. The van der Waals surface area contributed by atoms with Gasteiger partial charge in [0, 0.05) is 14.8 Å². The molecule has 6 heteroatoms. The molecule has 1 aliphatic heterocycles. The lowest BCUT2D eigenvalue weighted by Crippen LogP contribution is -2.23. The fourth-order valence-electron chi connectivity index (χ4n) is 3.70. The van der Waals surface area contributed by atoms with E-state index in [1.807, 2.05) is 73.7 Å². The molecule has 0 fully saturated rings. The van der Waals surface area contributed by atoms with Gasteiger partial charge in [-0.15, -0.1) is 0 Å². The van der Waals surface area contributed by atoms with E-state index in [0.717, 1.165) is 20.4 Å². The summed E-state index contributed by atoms with van der Waals surface area (Å²) >= 11 is 2.19. The van der Waals surface area contributed by atoms with Gasteiger partial charge < -0.3 is 5.32 Å². The van der Waals surface area contributed by atoms with Crippen LogP contribution >= 0.6 is 22.6 Å². The van der Waals surface area contributed by atoms with Gasteiger partial charge in [-0.25, -0.2) is 4.98 Å². The lowest BCUT2D eigenvalue weighted by atomic mass is 10.1. The Hall–Kier alpha value is -3.26. The summed E-state index contributed by atoms with van der Waals surface area (Å²) in [5.41, 5.74) is 4.23. The molecule has 30 heavy (non-hydrogen) atoms. The highest BCUT2D eigenvalue weighted by Gasteiger charge is 2.24. The quantitative estimate of drug-likeness (QED) is 0.315. The van der Waals surface area contributed by atoms with E-state index in [1.54, 1.807) is 10.6 Å². The molecule has 3 aromatic carbocycles. The second kappa shape index (κ2) is 7.21. The number of anilines is 1. The number of hydrogen-bond donors (Lipinski definition) is 1. The number of nitrogens with zero attached hydrogens (tertiary/aromatic N) is 2. The summed E-state index contributed by atoms with van der Waals surface area (Å²) in [7, 11) is 0. The fraction of sp³-hybridized carbons (Fsp3) is 0.0417. The summed E-state index contributed by atoms with van der Waals surface area (Å²) < 4.78 is 2.54. The van der Waals surface area contributed by atoms with Crippen molar-refractivity contribution >= 4 is 56.7 Å². The van der Waals surface area contributed by atoms with E-state index < -0.39 is 0 Å². The minimum absolute atomic E-state index is 0.164. The van der Waals surface area contributed by atoms with Crippen LogP contribution in [0.25, 0.3) is 28.2 Å². The summed E-state index contributed by atoms with van der Waals surface area (Å²) in [6.45, 7) is 1.98. The standard InChI is InChI=1S/C24H16IN3O2/c1-14-5-4-6-16(11-14)28-22(26-21-10-9-15(25)12-19(21)24(28)30)13-18-17-7-2-3-8-20(17)27-23(18)29/h2-13H,1H3,(H,27,29). The van der Waals surface area contributed by atoms with Gasteiger partial charge in [0.05, 0.1) is 22.2 Å². The molecule has 0 spiro atoms. The minimum Gasteiger partial charge on any atom is -0.321 e. The van der Waals surface area contributed by atoms with Crippen LogP contribution in [0.5, 0.6) is 0 Å². The molecule has 1 aromatic heterocycles. The van der Waals surface area contributed by atoms with E-state index in [4.69, 9.17) is 4.98 Å². The Balaban J connectivity index is 1.84. The van der Waals surface area contributed by atoms with Crippen LogP contribution in [-0.4, -0.2) is 15.5 Å². The van der Waals surface area contributed by atoms with Crippen LogP contribution in [0.2, 0.25) is 0 Å². The average molecular weight is 505 g/mol. The predicted octanol–water partition coefficient (Wildman–Crippen LogP) is 4.79. The first kappa shape index (κ1) is 18.7. The molecule has 1 amide bonds. The zero-order valence-electron chi connectivity index (χ0n) is 16.0. The SMILES string of the molecule is Cc1cccc(-n2c(C=C3C(=O)Nc4ccccc43)nc3ccc(I)cc3c2=O)c1. The number of benzene rings is 3. The molecule has 2 heterocycles. The molecule has 0 saturated heterocycles. The van der Waals surface area contributed by atoms with Gasteiger partial charge in [-0.2, -0.15) is 0 Å². The van der Waals surface area contributed by atoms with Crippen LogP contribution in [0.4, 0.5) is 5.69 Å². The van der Waals surface area contributed by atoms with Gasteiger partial charge >= 0.3 is 0 Å². The molecule has 0 saturated carbocycles. The smallest absolute Gasteiger partial charge is 0.266 e. The first-order valence-electron chi connectivity index (χ1n) is 9.43. The number of para-hydroxylation sites is 1. The van der Waals surface area contributed by atoms with Crippen LogP contribution in [0.15, 0.2) is 71.5 Å². The summed E-state index contributed by atoms with van der Waals surface area (Å²) in [6.07, 6.45) is 1.70. The van der Waals surface area contributed by atoms with Crippen LogP contribution < -0.4 is 10.9 Å². The third-order valence-corrected chi connectivity index (χ3v) is 5.77. The van der Waals surface area contributed by atoms with Gasteiger partial charge in [0.2, 0.25) is 0 Å². The molecule has 1 N–H and O–H groups in total. The molecule has 0 unspecified atom stereocenters. The zero-order chi connectivity index (χ0) is 20.8. The van der Waals surface area contributed by atoms with Gasteiger partial charge in [0.15, 0.2) is 0 Å². The highest BCUT2D eigenvalue weighted by Crippen LogP contribution is 2.32. The molecule has 0 atom stereocenters. The molecule has 0 radical (unpaired) electrons. The lowest BCUT2D eigenvalue weighted by Gasteiger charge is -2.13. The van der Waals surface area contributed by atoms with E-state index in [9.17, 15) is 9.59 Å². The monoisotopic (exact) mass is 505 g/mol. The van der Waals surface area contributed by atoms with Gasteiger partial charge in [-0.05, 0) is 77.6 Å². The van der Waals surface area contributed by atoms with Gasteiger partial charge in [-0.3, -0.25) is 14.2 Å². The number of amides is 1. The van der Waals surface area contributed by atoms with Crippen molar-refractivity contribution in [1.29, 1.82) is 0 Å². The molecule has 0 bridgehead atoms. The topological polar surface area (TPSA) is 64.0 Å². The Morgan fingerprint density at radius 3 is 2.67 bits per heavy atom. The Morgan fingerprint density at radius 1 is 1.00 bits per heavy atom. The zero-order valence-corrected chi connectivity index (χ0v) is 18.2. The fourth-order valence-corrected chi connectivity index (χ4v) is 4.19. The number of fused-ring (bicyclic) bond motifs is 2. The maximum Gasteiger partial charge on any atom is 0.266 e. The average Bonchev–Trinajstić information content (AvgIpc) is 3.04. The van der Waals surface area contributed by atoms with Gasteiger partial charge in [0.1, 0.15) is 5.82 Å². The highest BCUT2D eigenvalue weighted by molar-refractivity contribution is 14.1. The van der Waals surface area contributed by atoms with E-state index >= 15 is 0 Å². The number of aromatic nitrogens is 2. The van der Waals surface area contributed by atoms with Crippen molar-refractivity contribution in [3.05, 3.63) is 97.6 Å². The van der Waals surface area contributed by atoms with E-state index in [1.165, 1.54) is 0 Å². The predicted molar refractivity (Wildman–Crippen MR) is 128 cm³/mol. The number of carbonyl (C=O) groups excluding carboxylic acids is 1. The van der Waals surface area contributed by atoms with Crippen LogP contribution in [0.3, 0.4) is 0 Å². The number of rotatable bonds is 2. The van der Waals surface area contributed by atoms with Gasteiger partial charge in [0.25, 0.3) is 11.5 Å². The van der Waals surface area contributed by atoms with Crippen molar-refractivity contribution in [3.8, 4) is 5.69 Å². The van der Waals surface area contributed by atoms with Crippen LogP contribution in [0, 0.1) is 10.5 Å². The van der Waals surface area contributed by atoms with E-state index in [2.05, 4.69) is 27.9 Å². The third-order valence-electron chi connectivity index (χ3n) is 5.10. The number of aryl methyl sites for hydroxylation is 1. The Bertz CT molecular complexity index is 1440. The van der Waals surface area contributed by atoms with Crippen molar-refractivity contribution in [2.75, 3.05) is 5.32 Å². The largest absolute Gasteiger partial charge is 0.321 e. The maximum atomic E-state index is 13.5. The summed E-state index contributed by atoms with van der Waals surface area (Å²) in [6, 6.07) is 20.8. The van der Waals surface area contributed by atoms with Crippen LogP contribution in [-0.2, 0) is 4.79 Å². The Kier molecular flexibility index (Phi) is 4.51. The molecule has 0 aliphatic carbocycles. The highest BCUT2D eigenvalue weighted by atomic mass is 127. The van der Waals surface area contributed by atoms with E-state index in [-0.39, 0.29) is 11.5 Å². The van der Waals surface area contributed by atoms with Crippen molar-refractivity contribution in [2.45, 2.75) is 6.92 Å². The molecule has 1 aliphatic rings. The first-order chi connectivity index (χ1) is 14.5. The summed E-state index contributed by atoms with van der Waals surface area (Å²) in [4.78, 5) is 30.9. The number of halogens is 1. The first-order valence-corrected chi connectivity index (χ1v) is 10.5. The molecule has 5 nitrogen and oxygen atoms in total. The second-order valence-electron chi connectivity index (χ2n) is 7.17. The molecule has 4 aromatic rings. The van der Waals surface area contributed by atoms with Crippen molar-refractivity contribution in [1.82, 2.24) is 9.55 Å². The maximum absolute atomic E-state index is 13.5. The molecule has 146 valence electrons. The normalized spacial score (nSPS) is 14.2. The van der Waals surface area contributed by atoms with Gasteiger partial charge in [-0.1, -0.05) is 30.3 Å². The molecular formula is C24H16IN3O2.